The molecule has 24 heavy (non-hydrogen) atoms. The quantitative estimate of drug-likeness (QED) is 0.885. The molecule has 1 aliphatic rings. The van der Waals surface area contributed by atoms with E-state index in [0.717, 1.165) is 43.9 Å². The Morgan fingerprint density at radius 2 is 1.88 bits per heavy atom. The van der Waals surface area contributed by atoms with Gasteiger partial charge in [-0.25, -0.2) is 0 Å². The van der Waals surface area contributed by atoms with Gasteiger partial charge in [-0.05, 0) is 37.1 Å². The fourth-order valence-corrected chi connectivity index (χ4v) is 2.89. The molecule has 1 aromatic carbocycles. The summed E-state index contributed by atoms with van der Waals surface area (Å²) < 4.78 is 5.48. The fraction of sp³-hybridized carbons (Fsp3) is 0.368. The van der Waals surface area contributed by atoms with Gasteiger partial charge in [0.1, 0.15) is 5.75 Å². The maximum absolute atomic E-state index is 12.0. The Morgan fingerprint density at radius 3 is 2.58 bits per heavy atom. The molecule has 3 rings (SSSR count). The molecule has 1 aromatic heterocycles. The summed E-state index contributed by atoms with van der Waals surface area (Å²) >= 11 is 0. The van der Waals surface area contributed by atoms with Gasteiger partial charge in [0.2, 0.25) is 0 Å². The number of hydrogen-bond acceptors (Lipinski definition) is 4. The minimum Gasteiger partial charge on any atom is -0.484 e. The van der Waals surface area contributed by atoms with Crippen molar-refractivity contribution < 1.29 is 9.53 Å². The summed E-state index contributed by atoms with van der Waals surface area (Å²) in [5.41, 5.74) is 1.09. The first kappa shape index (κ1) is 16.5. The highest BCUT2D eigenvalue weighted by Crippen LogP contribution is 2.13. The van der Waals surface area contributed by atoms with Crippen molar-refractivity contribution in [2.75, 3.05) is 19.7 Å². The summed E-state index contributed by atoms with van der Waals surface area (Å²) in [6.45, 7) is 2.89. The van der Waals surface area contributed by atoms with E-state index in [9.17, 15) is 4.79 Å². The Bertz CT molecular complexity index is 626. The van der Waals surface area contributed by atoms with Gasteiger partial charge < -0.3 is 10.1 Å². The molecule has 0 atom stereocenters. The molecule has 0 radical (unpaired) electrons. The van der Waals surface area contributed by atoms with Gasteiger partial charge in [0, 0.05) is 31.9 Å². The minimum atomic E-state index is -0.0537. The molecule has 0 spiro atoms. The molecule has 1 fully saturated rings. The summed E-state index contributed by atoms with van der Waals surface area (Å²) in [5.74, 6) is 0.667. The monoisotopic (exact) mass is 325 g/mol. The smallest absolute Gasteiger partial charge is 0.258 e. The molecular formula is C19H23N3O2. The second-order valence-corrected chi connectivity index (χ2v) is 6.04. The van der Waals surface area contributed by atoms with E-state index in [-0.39, 0.29) is 18.6 Å². The number of carbonyl (C=O) groups excluding carboxylic acids is 1. The average Bonchev–Trinajstić information content (AvgIpc) is 2.63. The highest BCUT2D eigenvalue weighted by molar-refractivity contribution is 5.77. The predicted octanol–water partition coefficient (Wildman–Crippen LogP) is 2.24. The van der Waals surface area contributed by atoms with Gasteiger partial charge >= 0.3 is 0 Å². The van der Waals surface area contributed by atoms with Crippen LogP contribution in [0.5, 0.6) is 5.75 Å². The van der Waals surface area contributed by atoms with Crippen molar-refractivity contribution in [1.29, 1.82) is 0 Å². The average molecular weight is 325 g/mol. The van der Waals surface area contributed by atoms with Crippen molar-refractivity contribution in [3.63, 3.8) is 0 Å². The van der Waals surface area contributed by atoms with E-state index in [4.69, 9.17) is 4.74 Å². The van der Waals surface area contributed by atoms with Crippen LogP contribution in [0.3, 0.4) is 0 Å². The Hall–Kier alpha value is -2.40. The van der Waals surface area contributed by atoms with E-state index in [1.807, 2.05) is 48.7 Å². The third kappa shape index (κ3) is 5.06. The van der Waals surface area contributed by atoms with Crippen LogP contribution in [0, 0.1) is 0 Å². The number of ether oxygens (including phenoxy) is 1. The topological polar surface area (TPSA) is 54.5 Å². The van der Waals surface area contributed by atoms with Gasteiger partial charge in [0.15, 0.2) is 6.61 Å². The molecule has 1 N–H and O–H groups in total. The van der Waals surface area contributed by atoms with Crippen LogP contribution in [0.2, 0.25) is 0 Å². The zero-order chi connectivity index (χ0) is 16.6. The number of benzene rings is 1. The molecule has 1 aliphatic heterocycles. The SMILES string of the molecule is O=C(COc1ccccc1)NC1CCN(Cc2ccccn2)CC1. The van der Waals surface area contributed by atoms with Crippen molar-refractivity contribution >= 4 is 5.91 Å². The highest BCUT2D eigenvalue weighted by atomic mass is 16.5. The molecule has 5 heteroatoms. The number of hydrogen-bond donors (Lipinski definition) is 1. The maximum atomic E-state index is 12.0. The van der Waals surface area contributed by atoms with Gasteiger partial charge in [0.25, 0.3) is 5.91 Å². The van der Waals surface area contributed by atoms with Gasteiger partial charge in [-0.15, -0.1) is 0 Å². The third-order valence-corrected chi connectivity index (χ3v) is 4.18. The lowest BCUT2D eigenvalue weighted by Gasteiger charge is -2.32. The van der Waals surface area contributed by atoms with Crippen LogP contribution in [0.1, 0.15) is 18.5 Å². The molecule has 2 aromatic rings. The van der Waals surface area contributed by atoms with Crippen molar-refractivity contribution in [2.24, 2.45) is 0 Å². The van der Waals surface area contributed by atoms with Crippen molar-refractivity contribution in [1.82, 2.24) is 15.2 Å². The zero-order valence-electron chi connectivity index (χ0n) is 13.7. The van der Waals surface area contributed by atoms with Crippen LogP contribution in [0.15, 0.2) is 54.7 Å². The minimum absolute atomic E-state index is 0.0537. The molecule has 0 aliphatic carbocycles. The number of piperidine rings is 1. The van der Waals surface area contributed by atoms with Crippen molar-refractivity contribution in [3.05, 3.63) is 60.4 Å². The lowest BCUT2D eigenvalue weighted by Crippen LogP contribution is -2.45. The number of aromatic nitrogens is 1. The number of likely N-dealkylation sites (tertiary alicyclic amines) is 1. The number of amides is 1. The normalized spacial score (nSPS) is 15.8. The molecular weight excluding hydrogens is 302 g/mol. The first-order chi connectivity index (χ1) is 11.8. The lowest BCUT2D eigenvalue weighted by atomic mass is 10.0. The molecule has 1 saturated heterocycles. The first-order valence-electron chi connectivity index (χ1n) is 8.39. The van der Waals surface area contributed by atoms with Crippen LogP contribution in [-0.2, 0) is 11.3 Å². The number of nitrogens with one attached hydrogen (secondary N) is 1. The number of para-hydroxylation sites is 1. The van der Waals surface area contributed by atoms with Crippen LogP contribution in [0.4, 0.5) is 0 Å². The van der Waals surface area contributed by atoms with Gasteiger partial charge in [-0.2, -0.15) is 0 Å². The summed E-state index contributed by atoms with van der Waals surface area (Å²) in [6, 6.07) is 15.6. The second-order valence-electron chi connectivity index (χ2n) is 6.04. The molecule has 1 amide bonds. The molecule has 0 saturated carbocycles. The molecule has 2 heterocycles. The maximum Gasteiger partial charge on any atom is 0.258 e. The summed E-state index contributed by atoms with van der Waals surface area (Å²) in [7, 11) is 0. The van der Waals surface area contributed by atoms with Crippen LogP contribution < -0.4 is 10.1 Å². The summed E-state index contributed by atoms with van der Waals surface area (Å²) in [5, 5.41) is 3.07. The Labute approximate surface area is 142 Å². The van der Waals surface area contributed by atoms with E-state index < -0.39 is 0 Å². The van der Waals surface area contributed by atoms with E-state index >= 15 is 0 Å². The summed E-state index contributed by atoms with van der Waals surface area (Å²) in [6.07, 6.45) is 3.75. The fourth-order valence-electron chi connectivity index (χ4n) is 2.89. The van der Waals surface area contributed by atoms with Crippen LogP contribution >= 0.6 is 0 Å². The number of nitrogens with zero attached hydrogens (tertiary/aromatic N) is 2. The number of rotatable bonds is 6. The third-order valence-electron chi connectivity index (χ3n) is 4.18. The Balaban J connectivity index is 1.36. The lowest BCUT2D eigenvalue weighted by molar-refractivity contribution is -0.124. The molecule has 0 bridgehead atoms. The number of pyridine rings is 1. The zero-order valence-corrected chi connectivity index (χ0v) is 13.7. The predicted molar refractivity (Wildman–Crippen MR) is 92.6 cm³/mol. The van der Waals surface area contributed by atoms with Crippen molar-refractivity contribution in [3.8, 4) is 5.75 Å². The second kappa shape index (κ2) is 8.45. The standard InChI is InChI=1S/C19H23N3O2/c23-19(15-24-18-7-2-1-3-8-18)21-16-9-12-22(13-10-16)14-17-6-4-5-11-20-17/h1-8,11,16H,9-10,12-15H2,(H,21,23). The summed E-state index contributed by atoms with van der Waals surface area (Å²) in [4.78, 5) is 18.7. The largest absolute Gasteiger partial charge is 0.484 e. The van der Waals surface area contributed by atoms with Crippen LogP contribution in [-0.4, -0.2) is 41.5 Å². The van der Waals surface area contributed by atoms with Crippen LogP contribution in [0.25, 0.3) is 0 Å². The van der Waals surface area contributed by atoms with E-state index in [0.29, 0.717) is 0 Å². The van der Waals surface area contributed by atoms with Gasteiger partial charge in [-0.3, -0.25) is 14.7 Å². The molecule has 5 nitrogen and oxygen atoms in total. The molecule has 0 unspecified atom stereocenters. The Morgan fingerprint density at radius 1 is 1.12 bits per heavy atom. The first-order valence-corrected chi connectivity index (χ1v) is 8.39. The van der Waals surface area contributed by atoms with Gasteiger partial charge in [-0.1, -0.05) is 24.3 Å². The number of carbonyl (C=O) groups is 1. The van der Waals surface area contributed by atoms with Gasteiger partial charge in [0.05, 0.1) is 5.69 Å². The van der Waals surface area contributed by atoms with E-state index in [1.54, 1.807) is 0 Å². The molecule has 126 valence electrons. The van der Waals surface area contributed by atoms with Crippen molar-refractivity contribution in [2.45, 2.75) is 25.4 Å². The van der Waals surface area contributed by atoms with E-state index in [2.05, 4.69) is 21.3 Å². The Kier molecular flexibility index (Phi) is 5.80. The highest BCUT2D eigenvalue weighted by Gasteiger charge is 2.21. The van der Waals surface area contributed by atoms with E-state index in [1.165, 1.54) is 0 Å².